The number of ether oxygens (including phenoxy) is 2. The summed E-state index contributed by atoms with van der Waals surface area (Å²) < 4.78 is 10.5. The van der Waals surface area contributed by atoms with E-state index in [9.17, 15) is 9.90 Å². The van der Waals surface area contributed by atoms with E-state index < -0.39 is 5.97 Å². The lowest BCUT2D eigenvalue weighted by Gasteiger charge is -2.06. The fourth-order valence-electron chi connectivity index (χ4n) is 1.51. The van der Waals surface area contributed by atoms with Crippen molar-refractivity contribution in [2.24, 2.45) is 4.99 Å². The first-order valence-corrected chi connectivity index (χ1v) is 6.15. The summed E-state index contributed by atoms with van der Waals surface area (Å²) in [7, 11) is 1.47. The van der Waals surface area contributed by atoms with Crippen molar-refractivity contribution in [1.82, 2.24) is 0 Å². The number of aliphatic imine (C=N–C) groups is 1. The Labute approximate surface area is 117 Å². The molecule has 0 saturated carbocycles. The van der Waals surface area contributed by atoms with Gasteiger partial charge < -0.3 is 14.6 Å². The fraction of sp³-hybridized carbons (Fsp3) is 0.167. The van der Waals surface area contributed by atoms with E-state index in [0.29, 0.717) is 20.8 Å². The van der Waals surface area contributed by atoms with Crippen LogP contribution in [0.1, 0.15) is 12.5 Å². The SMILES string of the molecule is COc1cc(/C=C2/N=C(C)OC2=O)cc(I)c1O. The highest BCUT2D eigenvalue weighted by atomic mass is 127. The molecule has 0 unspecified atom stereocenters. The number of rotatable bonds is 2. The van der Waals surface area contributed by atoms with Gasteiger partial charge in [0.1, 0.15) is 0 Å². The second kappa shape index (κ2) is 4.97. The molecule has 1 aromatic rings. The Kier molecular flexibility index (Phi) is 3.55. The Morgan fingerprint density at radius 2 is 2.22 bits per heavy atom. The lowest BCUT2D eigenvalue weighted by Crippen LogP contribution is -1.99. The molecule has 0 amide bonds. The van der Waals surface area contributed by atoms with Crippen LogP contribution in [0.5, 0.6) is 11.5 Å². The largest absolute Gasteiger partial charge is 0.504 e. The van der Waals surface area contributed by atoms with Gasteiger partial charge in [0, 0.05) is 6.92 Å². The van der Waals surface area contributed by atoms with E-state index in [2.05, 4.69) is 4.99 Å². The van der Waals surface area contributed by atoms with Crippen molar-refractivity contribution >= 4 is 40.5 Å². The van der Waals surface area contributed by atoms with Gasteiger partial charge >= 0.3 is 5.97 Å². The number of methoxy groups -OCH3 is 1. The number of halogens is 1. The number of phenolic OH excluding ortho intramolecular Hbond substituents is 1. The molecule has 5 nitrogen and oxygen atoms in total. The predicted molar refractivity (Wildman–Crippen MR) is 74.6 cm³/mol. The molecule has 1 heterocycles. The smallest absolute Gasteiger partial charge is 0.363 e. The molecule has 1 N–H and O–H groups in total. The Bertz CT molecular complexity index is 578. The summed E-state index contributed by atoms with van der Waals surface area (Å²) in [6.45, 7) is 1.61. The number of carbonyl (C=O) groups is 1. The summed E-state index contributed by atoms with van der Waals surface area (Å²) in [5, 5.41) is 9.70. The summed E-state index contributed by atoms with van der Waals surface area (Å²) in [6, 6.07) is 3.35. The van der Waals surface area contributed by atoms with Gasteiger partial charge in [0.05, 0.1) is 10.7 Å². The molecule has 0 fully saturated rings. The van der Waals surface area contributed by atoms with Crippen LogP contribution in [0.3, 0.4) is 0 Å². The van der Waals surface area contributed by atoms with Gasteiger partial charge in [0.2, 0.25) is 0 Å². The summed E-state index contributed by atoms with van der Waals surface area (Å²) in [5.74, 6) is 0.274. The minimum atomic E-state index is -0.477. The number of phenols is 1. The number of carbonyl (C=O) groups excluding carboxylic acids is 1. The molecule has 1 aliphatic rings. The van der Waals surface area contributed by atoms with Crippen LogP contribution in [0.25, 0.3) is 6.08 Å². The number of hydrogen-bond donors (Lipinski definition) is 1. The highest BCUT2D eigenvalue weighted by Gasteiger charge is 2.20. The zero-order chi connectivity index (χ0) is 13.3. The first kappa shape index (κ1) is 12.9. The maximum Gasteiger partial charge on any atom is 0.363 e. The van der Waals surface area contributed by atoms with E-state index in [1.165, 1.54) is 7.11 Å². The van der Waals surface area contributed by atoms with Crippen LogP contribution in [0, 0.1) is 3.57 Å². The molecule has 2 rings (SSSR count). The minimum absolute atomic E-state index is 0.0777. The molecule has 0 aliphatic carbocycles. The third kappa shape index (κ3) is 2.47. The Morgan fingerprint density at radius 3 is 2.78 bits per heavy atom. The maximum absolute atomic E-state index is 11.4. The average molecular weight is 359 g/mol. The van der Waals surface area contributed by atoms with E-state index >= 15 is 0 Å². The number of aromatic hydroxyl groups is 1. The lowest BCUT2D eigenvalue weighted by molar-refractivity contribution is -0.130. The highest BCUT2D eigenvalue weighted by Crippen LogP contribution is 2.33. The molecule has 0 bridgehead atoms. The Balaban J connectivity index is 2.44. The van der Waals surface area contributed by atoms with Crippen molar-refractivity contribution in [1.29, 1.82) is 0 Å². The number of cyclic esters (lactones) is 1. The average Bonchev–Trinajstić information content (AvgIpc) is 2.62. The summed E-state index contributed by atoms with van der Waals surface area (Å²) in [6.07, 6.45) is 1.59. The summed E-state index contributed by atoms with van der Waals surface area (Å²) in [4.78, 5) is 15.4. The Hall–Kier alpha value is -1.57. The molecule has 94 valence electrons. The third-order valence-electron chi connectivity index (χ3n) is 2.30. The maximum atomic E-state index is 11.4. The summed E-state index contributed by atoms with van der Waals surface area (Å²) in [5.41, 5.74) is 0.940. The van der Waals surface area contributed by atoms with Gasteiger partial charge in [0.25, 0.3) is 0 Å². The van der Waals surface area contributed by atoms with Gasteiger partial charge in [-0.2, -0.15) is 0 Å². The van der Waals surface area contributed by atoms with Crippen molar-refractivity contribution in [2.45, 2.75) is 6.92 Å². The molecule has 0 saturated heterocycles. The highest BCUT2D eigenvalue weighted by molar-refractivity contribution is 14.1. The molecular formula is C12H10INO4. The first-order valence-electron chi connectivity index (χ1n) is 5.07. The zero-order valence-corrected chi connectivity index (χ0v) is 11.9. The van der Waals surface area contributed by atoms with E-state index in [0.717, 1.165) is 0 Å². The van der Waals surface area contributed by atoms with Crippen LogP contribution >= 0.6 is 22.6 Å². The number of hydrogen-bond acceptors (Lipinski definition) is 5. The number of benzene rings is 1. The van der Waals surface area contributed by atoms with Crippen molar-refractivity contribution < 1.29 is 19.4 Å². The van der Waals surface area contributed by atoms with E-state index in [4.69, 9.17) is 9.47 Å². The van der Waals surface area contributed by atoms with E-state index in [-0.39, 0.29) is 11.4 Å². The standard InChI is InChI=1S/C12H10INO4/c1-6-14-9(12(16)18-6)4-7-3-8(13)11(15)10(5-7)17-2/h3-5,15H,1-2H3/b9-4+. The minimum Gasteiger partial charge on any atom is -0.504 e. The molecule has 0 atom stereocenters. The van der Waals surface area contributed by atoms with Gasteiger partial charge in [-0.05, 0) is 46.4 Å². The van der Waals surface area contributed by atoms with Gasteiger partial charge in [-0.3, -0.25) is 0 Å². The number of esters is 1. The van der Waals surface area contributed by atoms with Crippen molar-refractivity contribution in [2.75, 3.05) is 7.11 Å². The van der Waals surface area contributed by atoms with E-state index in [1.807, 2.05) is 22.6 Å². The van der Waals surface area contributed by atoms with Crippen LogP contribution in [0.15, 0.2) is 22.8 Å². The van der Waals surface area contributed by atoms with Crippen molar-refractivity contribution in [3.63, 3.8) is 0 Å². The quantitative estimate of drug-likeness (QED) is 0.500. The molecule has 18 heavy (non-hydrogen) atoms. The predicted octanol–water partition coefficient (Wildman–Crippen LogP) is 2.32. The summed E-state index contributed by atoms with van der Waals surface area (Å²) >= 11 is 1.98. The normalized spacial score (nSPS) is 16.7. The second-order valence-electron chi connectivity index (χ2n) is 3.60. The lowest BCUT2D eigenvalue weighted by atomic mass is 10.1. The first-order chi connectivity index (χ1) is 8.51. The molecule has 0 radical (unpaired) electrons. The third-order valence-corrected chi connectivity index (χ3v) is 3.12. The molecule has 1 aromatic carbocycles. The monoisotopic (exact) mass is 359 g/mol. The molecule has 1 aliphatic heterocycles. The van der Waals surface area contributed by atoms with Gasteiger partial charge in [0.15, 0.2) is 23.1 Å². The fourth-order valence-corrected chi connectivity index (χ4v) is 2.13. The molecule has 0 spiro atoms. The zero-order valence-electron chi connectivity index (χ0n) is 9.73. The second-order valence-corrected chi connectivity index (χ2v) is 4.77. The molecule has 6 heteroatoms. The van der Waals surface area contributed by atoms with E-state index in [1.54, 1.807) is 25.1 Å². The van der Waals surface area contributed by atoms with Gasteiger partial charge in [-0.25, -0.2) is 9.79 Å². The Morgan fingerprint density at radius 1 is 1.50 bits per heavy atom. The topological polar surface area (TPSA) is 68.1 Å². The number of nitrogens with zero attached hydrogens (tertiary/aromatic N) is 1. The van der Waals surface area contributed by atoms with Crippen molar-refractivity contribution in [3.05, 3.63) is 27.0 Å². The van der Waals surface area contributed by atoms with Crippen LogP contribution in [-0.2, 0) is 9.53 Å². The van der Waals surface area contributed by atoms with Gasteiger partial charge in [-0.15, -0.1) is 0 Å². The molecule has 0 aromatic heterocycles. The van der Waals surface area contributed by atoms with Crippen LogP contribution in [-0.4, -0.2) is 24.1 Å². The van der Waals surface area contributed by atoms with Crippen molar-refractivity contribution in [3.8, 4) is 11.5 Å². The van der Waals surface area contributed by atoms with Crippen LogP contribution in [0.4, 0.5) is 0 Å². The van der Waals surface area contributed by atoms with Crippen LogP contribution in [0.2, 0.25) is 0 Å². The van der Waals surface area contributed by atoms with Crippen LogP contribution < -0.4 is 4.74 Å². The van der Waals surface area contributed by atoms with Gasteiger partial charge in [-0.1, -0.05) is 0 Å². The molecular weight excluding hydrogens is 349 g/mol.